The predicted octanol–water partition coefficient (Wildman–Crippen LogP) is 4.12. The Balaban J connectivity index is 1.34. The first-order chi connectivity index (χ1) is 15.8. The number of ether oxygens (including phenoxy) is 1. The molecule has 7 nitrogen and oxygen atoms in total. The summed E-state index contributed by atoms with van der Waals surface area (Å²) in [6, 6.07) is 10.5. The highest BCUT2D eigenvalue weighted by Gasteiger charge is 2.26. The van der Waals surface area contributed by atoms with Crippen LogP contribution in [0.4, 0.5) is 0 Å². The number of phenols is 2. The molecular weight excluding hydrogens is 440 g/mol. The lowest BCUT2D eigenvalue weighted by Crippen LogP contribution is -2.38. The van der Waals surface area contributed by atoms with Crippen LogP contribution in [-0.4, -0.2) is 40.9 Å². The highest BCUT2D eigenvalue weighted by atomic mass is 32.1. The second kappa shape index (κ2) is 11.3. The molecule has 0 aliphatic rings. The van der Waals surface area contributed by atoms with Gasteiger partial charge in [-0.3, -0.25) is 9.59 Å². The number of benzene rings is 2. The second-order valence-electron chi connectivity index (χ2n) is 8.84. The van der Waals surface area contributed by atoms with E-state index in [2.05, 4.69) is 10.3 Å². The predicted molar refractivity (Wildman–Crippen MR) is 131 cm³/mol. The van der Waals surface area contributed by atoms with E-state index < -0.39 is 5.41 Å². The molecule has 0 unspecified atom stereocenters. The van der Waals surface area contributed by atoms with Crippen molar-refractivity contribution in [2.45, 2.75) is 46.0 Å². The third-order valence-electron chi connectivity index (χ3n) is 5.75. The minimum atomic E-state index is -0.477. The zero-order valence-electron chi connectivity index (χ0n) is 19.1. The van der Waals surface area contributed by atoms with Crippen LogP contribution in [-0.2, 0) is 22.4 Å². The summed E-state index contributed by atoms with van der Waals surface area (Å²) in [4.78, 5) is 26.7. The number of rotatable bonds is 12. The Labute approximate surface area is 197 Å². The summed E-state index contributed by atoms with van der Waals surface area (Å²) in [5.41, 5.74) is 2.03. The summed E-state index contributed by atoms with van der Waals surface area (Å²) in [5, 5.41) is 22.2. The van der Waals surface area contributed by atoms with E-state index in [1.54, 1.807) is 24.3 Å². The van der Waals surface area contributed by atoms with Gasteiger partial charge in [-0.1, -0.05) is 49.8 Å². The SMILES string of the molecule is CC(C)(CCCCOCCc1ccc(O)cc1)C(=O)NCCc1ccc(O)c2[nH]c(=O)sc12. The van der Waals surface area contributed by atoms with Crippen LogP contribution in [0.3, 0.4) is 0 Å². The van der Waals surface area contributed by atoms with Crippen LogP contribution in [0.5, 0.6) is 11.5 Å². The number of unbranched alkanes of at least 4 members (excludes halogenated alkanes) is 1. The van der Waals surface area contributed by atoms with Gasteiger partial charge in [0.1, 0.15) is 17.0 Å². The first-order valence-electron chi connectivity index (χ1n) is 11.2. The molecule has 0 saturated heterocycles. The maximum absolute atomic E-state index is 12.7. The molecule has 1 amide bonds. The zero-order chi connectivity index (χ0) is 23.8. The van der Waals surface area contributed by atoms with E-state index in [1.807, 2.05) is 26.0 Å². The lowest BCUT2D eigenvalue weighted by Gasteiger charge is -2.23. The van der Waals surface area contributed by atoms with E-state index in [4.69, 9.17) is 4.74 Å². The van der Waals surface area contributed by atoms with E-state index in [0.29, 0.717) is 31.7 Å². The van der Waals surface area contributed by atoms with Crippen LogP contribution >= 0.6 is 11.3 Å². The van der Waals surface area contributed by atoms with Crippen molar-refractivity contribution < 1.29 is 19.7 Å². The fourth-order valence-electron chi connectivity index (χ4n) is 3.66. The maximum Gasteiger partial charge on any atom is 0.305 e. The number of carbonyl (C=O) groups is 1. The summed E-state index contributed by atoms with van der Waals surface area (Å²) in [6.07, 6.45) is 3.95. The number of H-pyrrole nitrogens is 1. The van der Waals surface area contributed by atoms with Crippen LogP contribution < -0.4 is 10.2 Å². The number of aromatic amines is 1. The van der Waals surface area contributed by atoms with Crippen molar-refractivity contribution >= 4 is 27.5 Å². The van der Waals surface area contributed by atoms with E-state index in [1.165, 1.54) is 0 Å². The molecule has 0 aliphatic heterocycles. The molecular formula is C25H32N2O5S. The van der Waals surface area contributed by atoms with Gasteiger partial charge in [-0.15, -0.1) is 0 Å². The molecule has 0 aliphatic carbocycles. The molecule has 0 bridgehead atoms. The summed E-state index contributed by atoms with van der Waals surface area (Å²) < 4.78 is 6.43. The number of hydrogen-bond donors (Lipinski definition) is 4. The van der Waals surface area contributed by atoms with Gasteiger partial charge in [0.15, 0.2) is 0 Å². The van der Waals surface area contributed by atoms with Crippen molar-refractivity contribution in [1.82, 2.24) is 10.3 Å². The van der Waals surface area contributed by atoms with Crippen molar-refractivity contribution in [3.05, 3.63) is 57.2 Å². The topological polar surface area (TPSA) is 112 Å². The van der Waals surface area contributed by atoms with Gasteiger partial charge in [0.25, 0.3) is 0 Å². The number of aromatic nitrogens is 1. The van der Waals surface area contributed by atoms with Crippen molar-refractivity contribution in [3.63, 3.8) is 0 Å². The first-order valence-corrected chi connectivity index (χ1v) is 12.1. The minimum Gasteiger partial charge on any atom is -0.508 e. The fourth-order valence-corrected chi connectivity index (χ4v) is 4.56. The van der Waals surface area contributed by atoms with E-state index in [-0.39, 0.29) is 22.3 Å². The Morgan fingerprint density at radius 1 is 1.06 bits per heavy atom. The molecule has 1 heterocycles. The lowest BCUT2D eigenvalue weighted by molar-refractivity contribution is -0.129. The molecule has 0 radical (unpaired) electrons. The van der Waals surface area contributed by atoms with Crippen LogP contribution in [0.25, 0.3) is 10.2 Å². The molecule has 33 heavy (non-hydrogen) atoms. The highest BCUT2D eigenvalue weighted by molar-refractivity contribution is 7.16. The van der Waals surface area contributed by atoms with Crippen molar-refractivity contribution in [3.8, 4) is 11.5 Å². The number of carbonyl (C=O) groups excluding carboxylic acids is 1. The van der Waals surface area contributed by atoms with E-state index in [9.17, 15) is 19.8 Å². The molecule has 2 aromatic carbocycles. The zero-order valence-corrected chi connectivity index (χ0v) is 20.0. The number of thiazole rings is 1. The Bertz CT molecular complexity index is 1120. The van der Waals surface area contributed by atoms with Crippen LogP contribution in [0.2, 0.25) is 0 Å². The molecule has 3 aromatic rings. The second-order valence-corrected chi connectivity index (χ2v) is 9.82. The van der Waals surface area contributed by atoms with Gasteiger partial charge in [0.05, 0.1) is 11.3 Å². The van der Waals surface area contributed by atoms with Gasteiger partial charge in [-0.25, -0.2) is 0 Å². The van der Waals surface area contributed by atoms with Crippen molar-refractivity contribution in [1.29, 1.82) is 0 Å². The number of nitrogens with one attached hydrogen (secondary N) is 2. The Kier molecular flexibility index (Phi) is 8.52. The number of amides is 1. The number of hydrogen-bond acceptors (Lipinski definition) is 6. The average molecular weight is 473 g/mol. The molecule has 0 saturated carbocycles. The number of fused-ring (bicyclic) bond motifs is 1. The Hall–Kier alpha value is -2.84. The monoisotopic (exact) mass is 472 g/mol. The molecule has 0 spiro atoms. The summed E-state index contributed by atoms with van der Waals surface area (Å²) in [7, 11) is 0. The minimum absolute atomic E-state index is 0.00743. The molecule has 0 atom stereocenters. The number of phenolic OH excluding ortho intramolecular Hbond substituents is 2. The molecule has 4 N–H and O–H groups in total. The summed E-state index contributed by atoms with van der Waals surface area (Å²) >= 11 is 1.07. The van der Waals surface area contributed by atoms with Gasteiger partial charge >= 0.3 is 4.87 Å². The summed E-state index contributed by atoms with van der Waals surface area (Å²) in [5.74, 6) is 0.331. The van der Waals surface area contributed by atoms with Crippen LogP contribution in [0, 0.1) is 5.41 Å². The van der Waals surface area contributed by atoms with Gasteiger partial charge in [-0.2, -0.15) is 0 Å². The normalized spacial score (nSPS) is 11.7. The van der Waals surface area contributed by atoms with Gasteiger partial charge < -0.3 is 25.3 Å². The lowest BCUT2D eigenvalue weighted by atomic mass is 9.86. The van der Waals surface area contributed by atoms with E-state index >= 15 is 0 Å². The average Bonchev–Trinajstić information content (AvgIpc) is 3.18. The molecule has 3 rings (SSSR count). The van der Waals surface area contributed by atoms with Gasteiger partial charge in [0, 0.05) is 18.6 Å². The van der Waals surface area contributed by atoms with Crippen molar-refractivity contribution in [2.24, 2.45) is 5.41 Å². The standard InChI is InChI=1S/C25H32N2O5S/c1-25(2,13-3-4-15-32-16-12-17-5-8-19(28)9-6-17)23(30)26-14-11-18-7-10-20(29)21-22(18)33-24(31)27-21/h5-10,28-29H,3-4,11-16H2,1-2H3,(H,26,30)(H,27,31). The van der Waals surface area contributed by atoms with Gasteiger partial charge in [-0.05, 0) is 55.0 Å². The first kappa shape index (κ1) is 24.8. The van der Waals surface area contributed by atoms with Crippen molar-refractivity contribution in [2.75, 3.05) is 19.8 Å². The largest absolute Gasteiger partial charge is 0.508 e. The highest BCUT2D eigenvalue weighted by Crippen LogP contribution is 2.28. The Morgan fingerprint density at radius 2 is 1.82 bits per heavy atom. The van der Waals surface area contributed by atoms with Crippen LogP contribution in [0.15, 0.2) is 41.2 Å². The third kappa shape index (κ3) is 7.07. The molecule has 178 valence electrons. The maximum atomic E-state index is 12.7. The Morgan fingerprint density at radius 3 is 2.58 bits per heavy atom. The molecule has 1 aromatic heterocycles. The molecule has 0 fully saturated rings. The van der Waals surface area contributed by atoms with Crippen LogP contribution in [0.1, 0.15) is 44.2 Å². The quantitative estimate of drug-likeness (QED) is 0.296. The summed E-state index contributed by atoms with van der Waals surface area (Å²) in [6.45, 7) is 5.66. The number of aromatic hydroxyl groups is 2. The van der Waals surface area contributed by atoms with E-state index in [0.717, 1.165) is 52.8 Å². The third-order valence-corrected chi connectivity index (χ3v) is 6.70. The molecule has 8 heteroatoms. The smallest absolute Gasteiger partial charge is 0.305 e. The fraction of sp³-hybridized carbons (Fsp3) is 0.440. The van der Waals surface area contributed by atoms with Gasteiger partial charge in [0.2, 0.25) is 5.91 Å².